The number of rotatable bonds is 2. The summed E-state index contributed by atoms with van der Waals surface area (Å²) < 4.78 is 3.64. The molecule has 6 heteroatoms. The van der Waals surface area contributed by atoms with Crippen molar-refractivity contribution >= 4 is 22.4 Å². The Morgan fingerprint density at radius 2 is 2.13 bits per heavy atom. The van der Waals surface area contributed by atoms with Crippen molar-refractivity contribution < 1.29 is 4.79 Å². The van der Waals surface area contributed by atoms with E-state index in [1.807, 2.05) is 0 Å². The molecule has 0 bridgehead atoms. The molecule has 0 aromatic carbocycles. The van der Waals surface area contributed by atoms with Gasteiger partial charge in [-0.3, -0.25) is 4.79 Å². The molecule has 1 fully saturated rings. The molecule has 1 aromatic heterocycles. The van der Waals surface area contributed by atoms with Gasteiger partial charge in [-0.1, -0.05) is 23.8 Å². The Morgan fingerprint density at radius 1 is 1.40 bits per heavy atom. The van der Waals surface area contributed by atoms with Gasteiger partial charge in [0.25, 0.3) is 5.91 Å². The molecule has 1 aromatic rings. The molecule has 2 rings (SSSR count). The van der Waals surface area contributed by atoms with Crippen molar-refractivity contribution in [1.29, 1.82) is 0 Å². The average Bonchev–Trinajstić information content (AvgIpc) is 2.66. The zero-order valence-electron chi connectivity index (χ0n) is 8.40. The normalized spacial score (nSPS) is 17.6. The van der Waals surface area contributed by atoms with E-state index in [2.05, 4.69) is 14.9 Å². The molecular weight excluding hydrogens is 212 g/mol. The van der Waals surface area contributed by atoms with Crippen molar-refractivity contribution in [3.05, 3.63) is 5.69 Å². The van der Waals surface area contributed by atoms with E-state index in [-0.39, 0.29) is 17.6 Å². The molecule has 82 valence electrons. The van der Waals surface area contributed by atoms with E-state index in [0.717, 1.165) is 24.4 Å². The monoisotopic (exact) mass is 226 g/mol. The highest BCUT2D eigenvalue weighted by atomic mass is 32.1. The summed E-state index contributed by atoms with van der Waals surface area (Å²) >= 11 is 1.05. The Kier molecular flexibility index (Phi) is 3.15. The predicted molar refractivity (Wildman–Crippen MR) is 58.7 cm³/mol. The van der Waals surface area contributed by atoms with Crippen LogP contribution in [0.5, 0.6) is 0 Å². The third kappa shape index (κ3) is 2.44. The van der Waals surface area contributed by atoms with Gasteiger partial charge in [0.05, 0.1) is 0 Å². The van der Waals surface area contributed by atoms with Crippen LogP contribution in [0.15, 0.2) is 0 Å². The van der Waals surface area contributed by atoms with Gasteiger partial charge in [-0.15, -0.1) is 5.10 Å². The summed E-state index contributed by atoms with van der Waals surface area (Å²) in [5.41, 5.74) is 5.85. The molecule has 0 atom stereocenters. The number of anilines is 1. The molecule has 5 nitrogen and oxygen atoms in total. The van der Waals surface area contributed by atoms with Crippen LogP contribution in [0.3, 0.4) is 0 Å². The molecule has 1 saturated carbocycles. The fourth-order valence-corrected chi connectivity index (χ4v) is 2.29. The summed E-state index contributed by atoms with van der Waals surface area (Å²) in [6.45, 7) is 0. The minimum Gasteiger partial charge on any atom is -0.387 e. The molecular formula is C9H14N4OS. The number of nitrogens with one attached hydrogen (secondary N) is 1. The maximum absolute atomic E-state index is 11.7. The van der Waals surface area contributed by atoms with Crippen LogP contribution >= 0.6 is 11.5 Å². The quantitative estimate of drug-likeness (QED) is 0.793. The Bertz CT molecular complexity index is 346. The summed E-state index contributed by atoms with van der Waals surface area (Å²) in [4.78, 5) is 11.7. The van der Waals surface area contributed by atoms with Crippen LogP contribution in [-0.2, 0) is 0 Å². The lowest BCUT2D eigenvalue weighted by Gasteiger charge is -2.22. The van der Waals surface area contributed by atoms with Gasteiger partial charge in [-0.25, -0.2) is 0 Å². The van der Waals surface area contributed by atoms with E-state index in [4.69, 9.17) is 5.73 Å². The van der Waals surface area contributed by atoms with Gasteiger partial charge in [-0.05, 0) is 12.8 Å². The highest BCUT2D eigenvalue weighted by Gasteiger charge is 2.19. The number of nitrogens with two attached hydrogens (primary N) is 1. The van der Waals surface area contributed by atoms with Crippen LogP contribution in [0.25, 0.3) is 0 Å². The first kappa shape index (κ1) is 10.4. The predicted octanol–water partition coefficient (Wildman–Crippen LogP) is 1.18. The minimum atomic E-state index is -0.187. The van der Waals surface area contributed by atoms with Crippen LogP contribution < -0.4 is 11.1 Å². The molecule has 3 N–H and O–H groups in total. The molecule has 0 aliphatic heterocycles. The second-order valence-corrected chi connectivity index (χ2v) is 4.58. The van der Waals surface area contributed by atoms with Crippen LogP contribution in [0.1, 0.15) is 42.6 Å². The van der Waals surface area contributed by atoms with E-state index in [1.54, 1.807) is 0 Å². The first-order chi connectivity index (χ1) is 7.27. The summed E-state index contributed by atoms with van der Waals surface area (Å²) in [7, 11) is 0. The third-order valence-electron chi connectivity index (χ3n) is 2.67. The van der Waals surface area contributed by atoms with Gasteiger partial charge in [0.1, 0.15) is 5.00 Å². The van der Waals surface area contributed by atoms with Crippen molar-refractivity contribution in [2.75, 3.05) is 5.73 Å². The molecule has 1 amide bonds. The number of nitrogens with zero attached hydrogens (tertiary/aromatic N) is 2. The Labute approximate surface area is 92.2 Å². The summed E-state index contributed by atoms with van der Waals surface area (Å²) in [5, 5.41) is 7.05. The summed E-state index contributed by atoms with van der Waals surface area (Å²) in [6.07, 6.45) is 5.77. The average molecular weight is 226 g/mol. The fourth-order valence-electron chi connectivity index (χ4n) is 1.86. The van der Waals surface area contributed by atoms with E-state index < -0.39 is 0 Å². The summed E-state index contributed by atoms with van der Waals surface area (Å²) in [6, 6.07) is 0.285. The van der Waals surface area contributed by atoms with Crippen LogP contribution in [0.4, 0.5) is 5.00 Å². The number of aromatic nitrogens is 2. The van der Waals surface area contributed by atoms with Crippen molar-refractivity contribution in [2.24, 2.45) is 0 Å². The lowest BCUT2D eigenvalue weighted by atomic mass is 9.95. The van der Waals surface area contributed by atoms with E-state index in [0.29, 0.717) is 5.00 Å². The van der Waals surface area contributed by atoms with Crippen LogP contribution in [0, 0.1) is 0 Å². The topological polar surface area (TPSA) is 80.9 Å². The number of carbonyl (C=O) groups excluding carboxylic acids is 1. The molecule has 0 radical (unpaired) electrons. The third-order valence-corrected chi connectivity index (χ3v) is 3.22. The van der Waals surface area contributed by atoms with E-state index >= 15 is 0 Å². The highest BCUT2D eigenvalue weighted by Crippen LogP contribution is 2.18. The fraction of sp³-hybridized carbons (Fsp3) is 0.667. The summed E-state index contributed by atoms with van der Waals surface area (Å²) in [5.74, 6) is -0.187. The molecule has 0 saturated heterocycles. The number of hydrogen-bond donors (Lipinski definition) is 2. The van der Waals surface area contributed by atoms with Gasteiger partial charge in [0.2, 0.25) is 0 Å². The molecule has 1 aliphatic carbocycles. The van der Waals surface area contributed by atoms with E-state index in [1.165, 1.54) is 19.3 Å². The largest absolute Gasteiger partial charge is 0.387 e. The minimum absolute atomic E-state index is 0.187. The van der Waals surface area contributed by atoms with Gasteiger partial charge in [-0.2, -0.15) is 0 Å². The SMILES string of the molecule is Nc1snnc1C(=O)NC1CCCCC1. The van der Waals surface area contributed by atoms with Crippen LogP contribution in [-0.4, -0.2) is 21.5 Å². The molecule has 0 unspecified atom stereocenters. The number of hydrogen-bond acceptors (Lipinski definition) is 5. The molecule has 15 heavy (non-hydrogen) atoms. The lowest BCUT2D eigenvalue weighted by molar-refractivity contribution is 0.0923. The lowest BCUT2D eigenvalue weighted by Crippen LogP contribution is -2.36. The maximum atomic E-state index is 11.7. The van der Waals surface area contributed by atoms with Crippen molar-refractivity contribution in [3.8, 4) is 0 Å². The van der Waals surface area contributed by atoms with Gasteiger partial charge < -0.3 is 11.1 Å². The Hall–Kier alpha value is -1.17. The molecule has 0 spiro atoms. The number of carbonyl (C=O) groups is 1. The smallest absolute Gasteiger partial charge is 0.275 e. The van der Waals surface area contributed by atoms with Crippen molar-refractivity contribution in [1.82, 2.24) is 14.9 Å². The molecule has 1 aliphatic rings. The molecule has 1 heterocycles. The van der Waals surface area contributed by atoms with E-state index in [9.17, 15) is 4.79 Å². The maximum Gasteiger partial charge on any atom is 0.275 e. The van der Waals surface area contributed by atoms with Crippen molar-refractivity contribution in [2.45, 2.75) is 38.1 Å². The van der Waals surface area contributed by atoms with Crippen molar-refractivity contribution in [3.63, 3.8) is 0 Å². The zero-order valence-corrected chi connectivity index (χ0v) is 9.22. The first-order valence-electron chi connectivity index (χ1n) is 5.16. The van der Waals surface area contributed by atoms with Gasteiger partial charge >= 0.3 is 0 Å². The Morgan fingerprint density at radius 3 is 2.73 bits per heavy atom. The first-order valence-corrected chi connectivity index (χ1v) is 5.93. The van der Waals surface area contributed by atoms with Gasteiger partial charge in [0.15, 0.2) is 5.69 Å². The van der Waals surface area contributed by atoms with Crippen LogP contribution in [0.2, 0.25) is 0 Å². The zero-order chi connectivity index (χ0) is 10.7. The number of nitrogen functional groups attached to an aromatic ring is 1. The highest BCUT2D eigenvalue weighted by molar-refractivity contribution is 7.10. The Balaban J connectivity index is 1.94. The van der Waals surface area contributed by atoms with Gasteiger partial charge in [0, 0.05) is 17.6 Å². The standard InChI is InChI=1S/C9H14N4OS/c10-8-7(12-13-15-8)9(14)11-6-4-2-1-3-5-6/h6H,1-5,10H2,(H,11,14). The second-order valence-electron chi connectivity index (χ2n) is 3.79. The number of amides is 1. The second kappa shape index (κ2) is 4.57.